The van der Waals surface area contributed by atoms with Crippen LogP contribution in [0.4, 0.5) is 0 Å². The van der Waals surface area contributed by atoms with E-state index in [1.165, 1.54) is 20.2 Å². The highest BCUT2D eigenvalue weighted by molar-refractivity contribution is 7.89. The SMILES string of the molecule is CCCOc1ccc(/C=C/c2nc3s/c(=C\c4cn(-c5ccccc5)nc4-c4cccc(S(=O)(=O)N5CCOCC5)c4)c(=O)n3n2)cc1OC. The highest BCUT2D eigenvalue weighted by Crippen LogP contribution is 2.30. The smallest absolute Gasteiger partial charge is 0.291 e. The summed E-state index contributed by atoms with van der Waals surface area (Å²) in [6.45, 7) is 3.94. The van der Waals surface area contributed by atoms with Crippen LogP contribution in [0.25, 0.3) is 40.1 Å². The van der Waals surface area contributed by atoms with Gasteiger partial charge in [-0.05, 0) is 60.5 Å². The number of morpholine rings is 1. The monoisotopic (exact) mass is 710 g/mol. The molecule has 14 heteroatoms. The Morgan fingerprint density at radius 2 is 1.78 bits per heavy atom. The molecular weight excluding hydrogens is 677 g/mol. The lowest BCUT2D eigenvalue weighted by molar-refractivity contribution is 0.0730. The highest BCUT2D eigenvalue weighted by Gasteiger charge is 2.27. The number of hydrogen-bond donors (Lipinski definition) is 0. The van der Waals surface area contributed by atoms with E-state index in [0.717, 1.165) is 17.7 Å². The molecule has 1 aliphatic heterocycles. The lowest BCUT2D eigenvalue weighted by Crippen LogP contribution is -2.40. The first-order valence-electron chi connectivity index (χ1n) is 16.1. The van der Waals surface area contributed by atoms with E-state index in [-0.39, 0.29) is 10.5 Å². The van der Waals surface area contributed by atoms with E-state index in [1.54, 1.807) is 42.1 Å². The number of hydrogen-bond acceptors (Lipinski definition) is 10. The van der Waals surface area contributed by atoms with Gasteiger partial charge in [0.25, 0.3) is 5.56 Å². The molecule has 0 amide bonds. The van der Waals surface area contributed by atoms with E-state index in [9.17, 15) is 13.2 Å². The fraction of sp³-hybridized carbons (Fsp3) is 0.222. The van der Waals surface area contributed by atoms with Crippen molar-refractivity contribution in [3.63, 3.8) is 0 Å². The molecule has 0 N–H and O–H groups in total. The van der Waals surface area contributed by atoms with Gasteiger partial charge < -0.3 is 14.2 Å². The van der Waals surface area contributed by atoms with Crippen LogP contribution in [0.15, 0.2) is 88.7 Å². The summed E-state index contributed by atoms with van der Waals surface area (Å²) in [5.41, 5.74) is 3.12. The molecule has 0 radical (unpaired) electrons. The van der Waals surface area contributed by atoms with Crippen LogP contribution in [0.5, 0.6) is 11.5 Å². The zero-order chi connectivity index (χ0) is 34.7. The third-order valence-corrected chi connectivity index (χ3v) is 10.9. The first kappa shape index (κ1) is 33.4. The van der Waals surface area contributed by atoms with Crippen molar-refractivity contribution < 1.29 is 22.6 Å². The van der Waals surface area contributed by atoms with Crippen molar-refractivity contribution in [1.82, 2.24) is 28.7 Å². The van der Waals surface area contributed by atoms with E-state index in [2.05, 4.69) is 10.1 Å². The van der Waals surface area contributed by atoms with Crippen LogP contribution in [-0.4, -0.2) is 77.1 Å². The predicted octanol–water partition coefficient (Wildman–Crippen LogP) is 4.54. The van der Waals surface area contributed by atoms with Crippen molar-refractivity contribution in [2.24, 2.45) is 0 Å². The zero-order valence-corrected chi connectivity index (χ0v) is 29.1. The molecule has 4 heterocycles. The van der Waals surface area contributed by atoms with Crippen molar-refractivity contribution >= 4 is 44.5 Å². The fourth-order valence-electron chi connectivity index (χ4n) is 5.52. The molecule has 0 spiro atoms. The van der Waals surface area contributed by atoms with E-state index in [1.807, 2.05) is 73.8 Å². The molecular formula is C36H34N6O6S2. The van der Waals surface area contributed by atoms with Crippen molar-refractivity contribution in [2.45, 2.75) is 18.2 Å². The molecule has 50 heavy (non-hydrogen) atoms. The Bertz CT molecular complexity index is 2400. The van der Waals surface area contributed by atoms with Crippen LogP contribution in [0.3, 0.4) is 0 Å². The van der Waals surface area contributed by atoms with Crippen molar-refractivity contribution in [3.8, 4) is 28.4 Å². The standard InChI is InChI=1S/C36H34N6O6S2/c1-3-18-48-30-14-12-25(21-31(30)46-2)13-15-33-37-36-42(38-33)35(43)32(49-36)23-27-24-41(28-9-5-4-6-10-28)39-34(27)26-8-7-11-29(22-26)50(44,45)40-16-19-47-20-17-40/h4-15,21-24H,3,16-20H2,1-2H3/b15-13+,32-23-. The first-order chi connectivity index (χ1) is 24.3. The molecule has 0 aliphatic carbocycles. The Balaban J connectivity index is 1.23. The third-order valence-electron chi connectivity index (χ3n) is 8.04. The minimum absolute atomic E-state index is 0.167. The zero-order valence-electron chi connectivity index (χ0n) is 27.4. The summed E-state index contributed by atoms with van der Waals surface area (Å²) in [7, 11) is -2.14. The largest absolute Gasteiger partial charge is 0.493 e. The second-order valence-corrected chi connectivity index (χ2v) is 14.4. The summed E-state index contributed by atoms with van der Waals surface area (Å²) < 4.78 is 48.4. The van der Waals surface area contributed by atoms with Crippen molar-refractivity contribution in [1.29, 1.82) is 0 Å². The number of fused-ring (bicyclic) bond motifs is 1. The number of methoxy groups -OCH3 is 1. The first-order valence-corrected chi connectivity index (χ1v) is 18.3. The number of para-hydroxylation sites is 1. The van der Waals surface area contributed by atoms with Gasteiger partial charge >= 0.3 is 0 Å². The number of rotatable bonds is 11. The molecule has 6 aromatic rings. The number of aromatic nitrogens is 5. The number of nitrogens with zero attached hydrogens (tertiary/aromatic N) is 6. The third kappa shape index (κ3) is 6.83. The normalized spacial score (nSPS) is 14.6. The quantitative estimate of drug-likeness (QED) is 0.190. The Morgan fingerprint density at radius 3 is 2.54 bits per heavy atom. The summed E-state index contributed by atoms with van der Waals surface area (Å²) in [5, 5.41) is 9.30. The second kappa shape index (κ2) is 14.4. The Hall–Kier alpha value is -5.15. The van der Waals surface area contributed by atoms with E-state index >= 15 is 0 Å². The molecule has 3 aromatic heterocycles. The van der Waals surface area contributed by atoms with Crippen LogP contribution >= 0.6 is 11.3 Å². The maximum absolute atomic E-state index is 13.6. The van der Waals surface area contributed by atoms with Gasteiger partial charge in [-0.1, -0.05) is 60.7 Å². The van der Waals surface area contributed by atoms with E-state index < -0.39 is 10.0 Å². The van der Waals surface area contributed by atoms with Crippen LogP contribution in [0, 0.1) is 0 Å². The van der Waals surface area contributed by atoms with Gasteiger partial charge in [0.2, 0.25) is 15.0 Å². The Morgan fingerprint density at radius 1 is 0.960 bits per heavy atom. The molecule has 1 fully saturated rings. The van der Waals surface area contributed by atoms with Gasteiger partial charge in [-0.3, -0.25) is 4.79 Å². The molecule has 1 saturated heterocycles. The van der Waals surface area contributed by atoms with Crippen molar-refractivity contribution in [2.75, 3.05) is 40.0 Å². The fourth-order valence-corrected chi connectivity index (χ4v) is 7.88. The lowest BCUT2D eigenvalue weighted by Gasteiger charge is -2.26. The number of benzene rings is 3. The Kier molecular flexibility index (Phi) is 9.59. The van der Waals surface area contributed by atoms with Gasteiger partial charge in [0.05, 0.1) is 42.0 Å². The average molecular weight is 711 g/mol. The van der Waals surface area contributed by atoms with Gasteiger partial charge in [0, 0.05) is 30.4 Å². The summed E-state index contributed by atoms with van der Waals surface area (Å²) in [5.74, 6) is 1.69. The van der Waals surface area contributed by atoms with Gasteiger partial charge in [-0.25, -0.2) is 13.1 Å². The summed E-state index contributed by atoms with van der Waals surface area (Å²) in [6.07, 6.45) is 8.05. The number of sulfonamides is 1. The average Bonchev–Trinajstić information content (AvgIpc) is 3.85. The molecule has 0 saturated carbocycles. The number of ether oxygens (including phenoxy) is 3. The van der Waals surface area contributed by atoms with E-state index in [0.29, 0.717) is 76.5 Å². The molecule has 0 bridgehead atoms. The highest BCUT2D eigenvalue weighted by atomic mass is 32.2. The minimum atomic E-state index is -3.74. The molecule has 1 aliphatic rings. The maximum atomic E-state index is 13.6. The molecule has 12 nitrogen and oxygen atoms in total. The summed E-state index contributed by atoms with van der Waals surface area (Å²) >= 11 is 1.21. The minimum Gasteiger partial charge on any atom is -0.493 e. The summed E-state index contributed by atoms with van der Waals surface area (Å²) in [6, 6.07) is 21.9. The van der Waals surface area contributed by atoms with E-state index in [4.69, 9.17) is 19.3 Å². The number of thiazole rings is 1. The van der Waals surface area contributed by atoms with Gasteiger partial charge in [-0.2, -0.15) is 18.9 Å². The molecule has 0 unspecified atom stereocenters. The van der Waals surface area contributed by atoms with Gasteiger partial charge in [0.1, 0.15) is 5.69 Å². The lowest BCUT2D eigenvalue weighted by atomic mass is 10.1. The topological polar surface area (TPSA) is 130 Å². The van der Waals surface area contributed by atoms with Crippen LogP contribution in [-0.2, 0) is 14.8 Å². The van der Waals surface area contributed by atoms with Crippen LogP contribution < -0.4 is 19.6 Å². The maximum Gasteiger partial charge on any atom is 0.291 e. The second-order valence-electron chi connectivity index (χ2n) is 11.4. The van der Waals surface area contributed by atoms with Crippen LogP contribution in [0.2, 0.25) is 0 Å². The molecule has 7 rings (SSSR count). The van der Waals surface area contributed by atoms with Crippen LogP contribution in [0.1, 0.15) is 30.3 Å². The predicted molar refractivity (Wildman–Crippen MR) is 192 cm³/mol. The van der Waals surface area contributed by atoms with Gasteiger partial charge in [0.15, 0.2) is 17.3 Å². The van der Waals surface area contributed by atoms with Crippen molar-refractivity contribution in [3.05, 3.63) is 111 Å². The molecule has 3 aromatic carbocycles. The van der Waals surface area contributed by atoms with Gasteiger partial charge in [-0.15, -0.1) is 5.10 Å². The summed E-state index contributed by atoms with van der Waals surface area (Å²) in [4.78, 5) is 18.8. The Labute approximate surface area is 292 Å². The molecule has 256 valence electrons. The molecule has 0 atom stereocenters.